The van der Waals surface area contributed by atoms with Gasteiger partial charge in [0.2, 0.25) is 10.0 Å². The molecular weight excluding hydrogens is 518 g/mol. The monoisotopic (exact) mass is 550 g/mol. The van der Waals surface area contributed by atoms with Crippen molar-refractivity contribution in [2.24, 2.45) is 5.41 Å². The zero-order valence-electron chi connectivity index (χ0n) is 22.9. The molecule has 1 unspecified atom stereocenters. The van der Waals surface area contributed by atoms with Gasteiger partial charge in [0.25, 0.3) is 0 Å². The molecule has 0 aliphatic carbocycles. The van der Waals surface area contributed by atoms with E-state index in [1.807, 2.05) is 0 Å². The molecule has 0 saturated carbocycles. The van der Waals surface area contributed by atoms with Gasteiger partial charge in [-0.1, -0.05) is 58.0 Å². The number of nitrogens with zero attached hydrogens (tertiary/aromatic N) is 1. The number of aromatic nitrogens is 1. The fraction of sp³-hybridized carbons (Fsp3) is 0.462. The van der Waals surface area contributed by atoms with Crippen LogP contribution >= 0.6 is 0 Å². The number of fused-ring (bicyclic) bond motifs is 1. The summed E-state index contributed by atoms with van der Waals surface area (Å²) in [6.07, 6.45) is -8.87. The first-order valence-corrected chi connectivity index (χ1v) is 13.1. The topological polar surface area (TPSA) is 51.1 Å². The molecule has 1 heterocycles. The van der Waals surface area contributed by atoms with E-state index < -0.39 is 56.7 Å². The van der Waals surface area contributed by atoms with Crippen molar-refractivity contribution in [3.8, 4) is 11.1 Å². The van der Waals surface area contributed by atoms with Crippen LogP contribution in [0.4, 0.5) is 26.3 Å². The number of hydrogen-bond acceptors (Lipinski definition) is 2. The van der Waals surface area contributed by atoms with E-state index in [-0.39, 0.29) is 28.5 Å². The molecule has 0 amide bonds. The first-order valence-electron chi connectivity index (χ1n) is 12.5. The summed E-state index contributed by atoms with van der Waals surface area (Å²) in [6.45, 7) is 5.02. The second-order valence-electron chi connectivity index (χ2n) is 9.95. The summed E-state index contributed by atoms with van der Waals surface area (Å²) in [5.41, 5.74) is -3.03. The van der Waals surface area contributed by atoms with Crippen molar-refractivity contribution in [2.45, 2.75) is 71.2 Å². The van der Waals surface area contributed by atoms with Crippen LogP contribution in [0.3, 0.4) is 0 Å². The molecule has 2 aromatic carbocycles. The predicted molar refractivity (Wildman–Crippen MR) is 132 cm³/mol. The lowest BCUT2D eigenvalue weighted by atomic mass is 9.96. The van der Waals surface area contributed by atoms with Gasteiger partial charge < -0.3 is 4.57 Å². The maximum atomic E-state index is 14.3. The third-order valence-corrected chi connectivity index (χ3v) is 7.82. The summed E-state index contributed by atoms with van der Waals surface area (Å²) in [4.78, 5) is 0. The maximum absolute atomic E-state index is 14.3. The molecule has 4 nitrogen and oxygen atoms in total. The lowest BCUT2D eigenvalue weighted by Gasteiger charge is -2.23. The highest BCUT2D eigenvalue weighted by Gasteiger charge is 2.45. The van der Waals surface area contributed by atoms with Crippen LogP contribution in [0, 0.1) is 5.41 Å². The molecule has 0 spiro atoms. The van der Waals surface area contributed by atoms with E-state index in [0.29, 0.717) is 0 Å². The fourth-order valence-corrected chi connectivity index (χ4v) is 5.15. The largest absolute Gasteiger partial charge is 0.417 e. The van der Waals surface area contributed by atoms with Crippen molar-refractivity contribution in [2.75, 3.05) is 0 Å². The normalized spacial score (nSPS) is 16.4. The first kappa shape index (κ1) is 26.1. The lowest BCUT2D eigenvalue weighted by Crippen LogP contribution is -2.41. The summed E-state index contributed by atoms with van der Waals surface area (Å²) in [6, 6.07) is 5.55. The minimum absolute atomic E-state index is 0.00905. The minimum Gasteiger partial charge on any atom is -0.347 e. The quantitative estimate of drug-likeness (QED) is 0.307. The van der Waals surface area contributed by atoms with Crippen LogP contribution in [0.1, 0.15) is 60.9 Å². The van der Waals surface area contributed by atoms with E-state index >= 15 is 0 Å². The van der Waals surface area contributed by atoms with Crippen LogP contribution in [0.25, 0.3) is 22.0 Å². The third kappa shape index (κ3) is 6.49. The molecule has 2 atom stereocenters. The third-order valence-electron chi connectivity index (χ3n) is 5.86. The van der Waals surface area contributed by atoms with E-state index in [9.17, 15) is 34.8 Å². The Balaban J connectivity index is 2.39. The molecule has 0 bridgehead atoms. The van der Waals surface area contributed by atoms with Crippen molar-refractivity contribution in [3.05, 3.63) is 59.8 Å². The molecule has 0 aliphatic rings. The van der Waals surface area contributed by atoms with Crippen LogP contribution in [0.5, 0.6) is 0 Å². The Morgan fingerprint density at radius 3 is 2.19 bits per heavy atom. The highest BCUT2D eigenvalue weighted by atomic mass is 32.2. The second-order valence-corrected chi connectivity index (χ2v) is 12.1. The lowest BCUT2D eigenvalue weighted by molar-refractivity contribution is -0.152. The summed E-state index contributed by atoms with van der Waals surface area (Å²) in [7, 11) is -4.44. The van der Waals surface area contributed by atoms with Gasteiger partial charge in [-0.05, 0) is 42.0 Å². The van der Waals surface area contributed by atoms with Crippen molar-refractivity contribution >= 4 is 20.9 Å². The number of alkyl halides is 6. The molecule has 1 N–H and O–H groups in total. The molecule has 11 heteroatoms. The Bertz CT molecular complexity index is 1460. The molecule has 3 aromatic rings. The van der Waals surface area contributed by atoms with Crippen LogP contribution in [-0.2, 0) is 22.7 Å². The smallest absolute Gasteiger partial charge is 0.347 e. The summed E-state index contributed by atoms with van der Waals surface area (Å²) in [5, 5.41) is -1.28. The van der Waals surface area contributed by atoms with Gasteiger partial charge in [-0.2, -0.15) is 31.1 Å². The predicted octanol–water partition coefficient (Wildman–Crippen LogP) is 7.69. The Labute approximate surface area is 215 Å². The van der Waals surface area contributed by atoms with Crippen LogP contribution in [0.2, 0.25) is 0 Å². The summed E-state index contributed by atoms with van der Waals surface area (Å²) < 4.78 is 130. The van der Waals surface area contributed by atoms with E-state index in [2.05, 4.69) is 0 Å². The van der Waals surface area contributed by atoms with Crippen LogP contribution in [-0.4, -0.2) is 24.4 Å². The zero-order chi connectivity index (χ0) is 29.8. The van der Waals surface area contributed by atoms with Gasteiger partial charge in [-0.25, -0.2) is 8.42 Å². The van der Waals surface area contributed by atoms with Crippen molar-refractivity contribution in [3.63, 3.8) is 0 Å². The van der Waals surface area contributed by atoms with Gasteiger partial charge in [-0.15, -0.1) is 0 Å². The Morgan fingerprint density at radius 2 is 1.65 bits per heavy atom. The summed E-state index contributed by atoms with van der Waals surface area (Å²) in [5.74, 6) is 0. The fourth-order valence-electron chi connectivity index (χ4n) is 3.89. The molecule has 3 rings (SSSR count). The van der Waals surface area contributed by atoms with Crippen LogP contribution < -0.4 is 4.72 Å². The van der Waals surface area contributed by atoms with Crippen molar-refractivity contribution < 1.29 is 37.5 Å². The standard InChI is InChI=1S/C26H30F6N2O2S/c1-6-16(2)37(35,36)33-23(26(30,31)32)20-14-34(15-24(3,4)5)22-13-17(11-12-19(20)22)18-9-7-8-10-21(18)25(27,28)29/h7-14,16,23,33H,6,15H2,1-5H3/t16?,23-/m0/s1/i15D2. The molecule has 0 saturated heterocycles. The molecular formula is C26H30F6N2O2S. The van der Waals surface area contributed by atoms with Crippen LogP contribution in [0.15, 0.2) is 48.7 Å². The Kier molecular flexibility index (Phi) is 7.04. The number of sulfonamides is 1. The highest BCUT2D eigenvalue weighted by molar-refractivity contribution is 7.90. The van der Waals surface area contributed by atoms with Gasteiger partial charge in [-0.3, -0.25) is 0 Å². The zero-order valence-corrected chi connectivity index (χ0v) is 21.7. The van der Waals surface area contributed by atoms with Crippen molar-refractivity contribution in [1.29, 1.82) is 0 Å². The van der Waals surface area contributed by atoms with Gasteiger partial charge in [0.1, 0.15) is 6.04 Å². The van der Waals surface area contributed by atoms with Gasteiger partial charge in [0.15, 0.2) is 0 Å². The van der Waals surface area contributed by atoms with Gasteiger partial charge >= 0.3 is 12.4 Å². The second kappa shape index (κ2) is 9.98. The number of halogens is 6. The molecule has 204 valence electrons. The highest BCUT2D eigenvalue weighted by Crippen LogP contribution is 2.42. The van der Waals surface area contributed by atoms with E-state index in [1.165, 1.54) is 71.0 Å². The van der Waals surface area contributed by atoms with E-state index in [0.717, 1.165) is 16.8 Å². The molecule has 0 radical (unpaired) electrons. The minimum atomic E-state index is -5.10. The SMILES string of the molecule is [2H]C([2H])(n1cc([C@H](NS(=O)(=O)C(C)CC)C(F)(F)F)c2ccc(-c3ccccc3C(F)(F)F)cc21)C(C)(C)C. The first-order chi connectivity index (χ1) is 17.6. The Morgan fingerprint density at radius 1 is 1.03 bits per heavy atom. The van der Waals surface area contributed by atoms with Crippen molar-refractivity contribution in [1.82, 2.24) is 9.29 Å². The molecule has 1 aromatic heterocycles. The van der Waals surface area contributed by atoms with E-state index in [1.54, 1.807) is 4.72 Å². The van der Waals surface area contributed by atoms with Gasteiger partial charge in [0.05, 0.1) is 13.6 Å². The van der Waals surface area contributed by atoms with Gasteiger partial charge in [0, 0.05) is 29.2 Å². The number of nitrogens with one attached hydrogen (secondary N) is 1. The molecule has 0 aliphatic heterocycles. The maximum Gasteiger partial charge on any atom is 0.417 e. The number of rotatable bonds is 7. The average molecular weight is 551 g/mol. The average Bonchev–Trinajstić information content (AvgIpc) is 3.19. The number of hydrogen-bond donors (Lipinski definition) is 1. The number of benzene rings is 2. The molecule has 0 fully saturated rings. The van der Waals surface area contributed by atoms with E-state index in [4.69, 9.17) is 2.74 Å². The summed E-state index contributed by atoms with van der Waals surface area (Å²) >= 11 is 0. The Hall–Kier alpha value is -2.53. The molecule has 37 heavy (non-hydrogen) atoms.